The van der Waals surface area contributed by atoms with E-state index in [2.05, 4.69) is 22.4 Å². The highest BCUT2D eigenvalue weighted by Gasteiger charge is 2.30. The Morgan fingerprint density at radius 3 is 2.62 bits per heavy atom. The van der Waals surface area contributed by atoms with Gasteiger partial charge in [-0.15, -0.1) is 0 Å². The first-order valence-electron chi connectivity index (χ1n) is 13.3. The van der Waals surface area contributed by atoms with Gasteiger partial charge in [0.25, 0.3) is 11.8 Å². The van der Waals surface area contributed by atoms with E-state index in [9.17, 15) is 9.59 Å². The molecular weight excluding hydrogens is 514 g/mol. The number of aromatic nitrogens is 1. The number of hydrogen-bond acceptors (Lipinski definition) is 3. The lowest BCUT2D eigenvalue weighted by molar-refractivity contribution is -0.114. The van der Waals surface area contributed by atoms with E-state index in [1.165, 1.54) is 22.7 Å². The standard InChI is InChI=1S/C34H29N3O2S/c1-23-8-7-11-25(18-23)22-37-30-20-26(33(38)35-17-16-27-21-36-29-13-6-5-12-28(27)29)14-15-31(30)40-32(34(37)39)19-24-9-3-2-4-10-24/h2-15,18-21,36H,16-17,22H2,1H3,(H,35,38). The van der Waals surface area contributed by atoms with Crippen molar-refractivity contribution in [3.8, 4) is 0 Å². The molecule has 0 bridgehead atoms. The van der Waals surface area contributed by atoms with Crippen LogP contribution >= 0.6 is 11.8 Å². The molecule has 2 N–H and O–H groups in total. The van der Waals surface area contributed by atoms with Gasteiger partial charge < -0.3 is 15.2 Å². The highest BCUT2D eigenvalue weighted by atomic mass is 32.2. The number of aromatic amines is 1. The molecule has 0 atom stereocenters. The average Bonchev–Trinajstić information content (AvgIpc) is 3.38. The first-order valence-corrected chi connectivity index (χ1v) is 14.2. The number of benzene rings is 4. The zero-order chi connectivity index (χ0) is 27.5. The van der Waals surface area contributed by atoms with Crippen molar-refractivity contribution in [3.63, 3.8) is 0 Å². The minimum Gasteiger partial charge on any atom is -0.361 e. The van der Waals surface area contributed by atoms with Gasteiger partial charge in [-0.25, -0.2) is 0 Å². The molecule has 1 aliphatic rings. The van der Waals surface area contributed by atoms with Crippen LogP contribution < -0.4 is 10.2 Å². The number of carbonyl (C=O) groups excluding carboxylic acids is 2. The number of thioether (sulfide) groups is 1. The summed E-state index contributed by atoms with van der Waals surface area (Å²) >= 11 is 1.45. The third kappa shape index (κ3) is 5.44. The van der Waals surface area contributed by atoms with Crippen LogP contribution in [0.4, 0.5) is 5.69 Å². The lowest BCUT2D eigenvalue weighted by Gasteiger charge is -2.31. The van der Waals surface area contributed by atoms with Gasteiger partial charge >= 0.3 is 0 Å². The SMILES string of the molecule is Cc1cccc(CN2C(=O)C(=Cc3ccccc3)Sc3ccc(C(=O)NCCc4c[nH]c5ccccc45)cc32)c1. The normalized spacial score (nSPS) is 14.0. The molecule has 1 aromatic heterocycles. The Bertz CT molecular complexity index is 1740. The second kappa shape index (κ2) is 11.3. The summed E-state index contributed by atoms with van der Waals surface area (Å²) in [5.41, 5.74) is 6.71. The number of fused-ring (bicyclic) bond motifs is 2. The minimum atomic E-state index is -0.152. The van der Waals surface area contributed by atoms with E-state index in [0.717, 1.165) is 39.2 Å². The fraction of sp³-hybridized carbons (Fsp3) is 0.118. The highest BCUT2D eigenvalue weighted by Crippen LogP contribution is 2.43. The van der Waals surface area contributed by atoms with E-state index in [1.807, 2.05) is 104 Å². The van der Waals surface area contributed by atoms with Crippen LogP contribution in [0.25, 0.3) is 17.0 Å². The maximum absolute atomic E-state index is 13.8. The van der Waals surface area contributed by atoms with E-state index in [0.29, 0.717) is 23.6 Å². The van der Waals surface area contributed by atoms with Crippen LogP contribution in [-0.2, 0) is 17.8 Å². The Labute approximate surface area is 237 Å². The second-order valence-corrected chi connectivity index (χ2v) is 11.0. The Hall–Kier alpha value is -4.55. The molecule has 0 unspecified atom stereocenters. The summed E-state index contributed by atoms with van der Waals surface area (Å²) in [7, 11) is 0. The fourth-order valence-corrected chi connectivity index (χ4v) is 6.09. The van der Waals surface area contributed by atoms with Crippen LogP contribution in [0.1, 0.15) is 32.6 Å². The van der Waals surface area contributed by atoms with Gasteiger partial charge in [0.2, 0.25) is 0 Å². The summed E-state index contributed by atoms with van der Waals surface area (Å²) in [5, 5.41) is 4.23. The number of para-hydroxylation sites is 1. The van der Waals surface area contributed by atoms with E-state index in [4.69, 9.17) is 0 Å². The summed E-state index contributed by atoms with van der Waals surface area (Å²) in [6, 6.07) is 31.8. The molecule has 1 aliphatic heterocycles. The third-order valence-corrected chi connectivity index (χ3v) is 8.14. The smallest absolute Gasteiger partial charge is 0.265 e. The van der Waals surface area contributed by atoms with Gasteiger partial charge in [0.05, 0.1) is 17.1 Å². The molecular formula is C34H29N3O2S. The number of rotatable bonds is 7. The molecule has 0 spiro atoms. The van der Waals surface area contributed by atoms with Gasteiger partial charge in [-0.05, 0) is 60.4 Å². The Morgan fingerprint density at radius 2 is 1.77 bits per heavy atom. The van der Waals surface area contributed by atoms with Gasteiger partial charge in [0.1, 0.15) is 0 Å². The zero-order valence-electron chi connectivity index (χ0n) is 22.2. The van der Waals surface area contributed by atoms with Gasteiger partial charge in [-0.3, -0.25) is 9.59 Å². The molecule has 0 radical (unpaired) electrons. The molecule has 0 fully saturated rings. The summed E-state index contributed by atoms with van der Waals surface area (Å²) in [4.78, 5) is 33.7. The summed E-state index contributed by atoms with van der Waals surface area (Å²) < 4.78 is 0. The number of carbonyl (C=O) groups is 2. The number of amides is 2. The van der Waals surface area contributed by atoms with Gasteiger partial charge in [0, 0.05) is 34.1 Å². The molecule has 4 aromatic carbocycles. The molecule has 0 saturated carbocycles. The summed E-state index contributed by atoms with van der Waals surface area (Å²) in [5.74, 6) is -0.221. The van der Waals surface area contributed by atoms with Crippen LogP contribution in [0, 0.1) is 6.92 Å². The molecule has 5 aromatic rings. The predicted octanol–water partition coefficient (Wildman–Crippen LogP) is 7.13. The van der Waals surface area contributed by atoms with E-state index in [-0.39, 0.29) is 11.8 Å². The van der Waals surface area contributed by atoms with E-state index >= 15 is 0 Å². The lowest BCUT2D eigenvalue weighted by Crippen LogP contribution is -2.34. The number of anilines is 1. The number of hydrogen-bond donors (Lipinski definition) is 2. The maximum atomic E-state index is 13.8. The molecule has 40 heavy (non-hydrogen) atoms. The Morgan fingerprint density at radius 1 is 0.950 bits per heavy atom. The predicted molar refractivity (Wildman–Crippen MR) is 163 cm³/mol. The van der Waals surface area contributed by atoms with Crippen LogP contribution in [0.5, 0.6) is 0 Å². The highest BCUT2D eigenvalue weighted by molar-refractivity contribution is 8.04. The summed E-state index contributed by atoms with van der Waals surface area (Å²) in [6.07, 6.45) is 4.66. The van der Waals surface area contributed by atoms with Gasteiger partial charge in [-0.1, -0.05) is 90.1 Å². The molecule has 198 valence electrons. The lowest BCUT2D eigenvalue weighted by atomic mass is 10.1. The Balaban J connectivity index is 1.26. The van der Waals surface area contributed by atoms with Gasteiger partial charge in [-0.2, -0.15) is 0 Å². The van der Waals surface area contributed by atoms with Crippen molar-refractivity contribution in [2.45, 2.75) is 24.8 Å². The molecule has 6 heteroatoms. The van der Waals surface area contributed by atoms with Crippen molar-refractivity contribution >= 4 is 46.2 Å². The zero-order valence-corrected chi connectivity index (χ0v) is 23.0. The van der Waals surface area contributed by atoms with Crippen molar-refractivity contribution in [2.75, 3.05) is 11.4 Å². The maximum Gasteiger partial charge on any atom is 0.265 e. The molecule has 0 saturated heterocycles. The number of nitrogens with zero attached hydrogens (tertiary/aromatic N) is 1. The fourth-order valence-electron chi connectivity index (χ4n) is 5.05. The van der Waals surface area contributed by atoms with Crippen molar-refractivity contribution in [3.05, 3.63) is 136 Å². The van der Waals surface area contributed by atoms with Crippen LogP contribution in [0.3, 0.4) is 0 Å². The van der Waals surface area contributed by atoms with Crippen LogP contribution in [0.2, 0.25) is 0 Å². The average molecular weight is 544 g/mol. The van der Waals surface area contributed by atoms with E-state index in [1.54, 1.807) is 4.90 Å². The minimum absolute atomic E-state index is 0.0697. The van der Waals surface area contributed by atoms with Gasteiger partial charge in [0.15, 0.2) is 0 Å². The van der Waals surface area contributed by atoms with Crippen molar-refractivity contribution in [2.24, 2.45) is 0 Å². The van der Waals surface area contributed by atoms with Crippen molar-refractivity contribution in [1.29, 1.82) is 0 Å². The molecule has 5 nitrogen and oxygen atoms in total. The first kappa shape index (κ1) is 25.7. The quantitative estimate of drug-likeness (QED) is 0.215. The van der Waals surface area contributed by atoms with Crippen molar-refractivity contribution < 1.29 is 9.59 Å². The number of nitrogens with one attached hydrogen (secondary N) is 2. The molecule has 0 aliphatic carbocycles. The monoisotopic (exact) mass is 543 g/mol. The summed E-state index contributed by atoms with van der Waals surface area (Å²) in [6.45, 7) is 2.99. The molecule has 2 amide bonds. The molecule has 2 heterocycles. The second-order valence-electron chi connectivity index (χ2n) is 9.95. The largest absolute Gasteiger partial charge is 0.361 e. The topological polar surface area (TPSA) is 65.2 Å². The van der Waals surface area contributed by atoms with Crippen LogP contribution in [0.15, 0.2) is 113 Å². The van der Waals surface area contributed by atoms with E-state index < -0.39 is 0 Å². The van der Waals surface area contributed by atoms with Crippen LogP contribution in [-0.4, -0.2) is 23.3 Å². The number of aryl methyl sites for hydroxylation is 1. The molecule has 6 rings (SSSR count). The first-order chi connectivity index (χ1) is 19.5. The Kier molecular flexibility index (Phi) is 7.25. The third-order valence-electron chi connectivity index (χ3n) is 7.06. The van der Waals surface area contributed by atoms with Crippen molar-refractivity contribution in [1.82, 2.24) is 10.3 Å². The number of H-pyrrole nitrogens is 1.